The molecule has 3 aromatic carbocycles. The highest BCUT2D eigenvalue weighted by atomic mass is 16.5. The van der Waals surface area contributed by atoms with E-state index in [2.05, 4.69) is 15.5 Å². The van der Waals surface area contributed by atoms with Gasteiger partial charge in [0.1, 0.15) is 11.5 Å². The van der Waals surface area contributed by atoms with Gasteiger partial charge in [-0.1, -0.05) is 36.4 Å². The lowest BCUT2D eigenvalue weighted by Gasteiger charge is -2.19. The van der Waals surface area contributed by atoms with Gasteiger partial charge in [-0.2, -0.15) is 0 Å². The molecule has 7 nitrogen and oxygen atoms in total. The van der Waals surface area contributed by atoms with Crippen molar-refractivity contribution >= 4 is 11.6 Å². The number of anilines is 1. The topological polar surface area (TPSA) is 86.5 Å². The molecule has 150 valence electrons. The van der Waals surface area contributed by atoms with E-state index in [0.717, 1.165) is 11.1 Å². The summed E-state index contributed by atoms with van der Waals surface area (Å²) in [5.74, 6) is 1.31. The van der Waals surface area contributed by atoms with Crippen LogP contribution < -0.4 is 14.8 Å². The van der Waals surface area contributed by atoms with Crippen LogP contribution in [0.2, 0.25) is 0 Å². The highest BCUT2D eigenvalue weighted by molar-refractivity contribution is 5.95. The van der Waals surface area contributed by atoms with Crippen LogP contribution in [0.4, 0.5) is 5.69 Å². The van der Waals surface area contributed by atoms with Crippen LogP contribution in [0.3, 0.4) is 0 Å². The third kappa shape index (κ3) is 4.47. The zero-order chi connectivity index (χ0) is 20.8. The molecule has 1 atom stereocenters. The Hall–Kier alpha value is -4.13. The molecule has 1 unspecified atom stereocenters. The second-order valence-electron chi connectivity index (χ2n) is 6.40. The summed E-state index contributed by atoms with van der Waals surface area (Å²) in [6.07, 6.45) is 0.431. The fraction of sp³-hybridized carbons (Fsp3) is 0.0870. The van der Waals surface area contributed by atoms with Crippen LogP contribution in [-0.4, -0.2) is 23.2 Å². The smallest absolute Gasteiger partial charge is 0.270 e. The number of aromatic nitrogens is 2. The fourth-order valence-electron chi connectivity index (χ4n) is 2.92. The molecule has 0 radical (unpaired) electrons. The first-order valence-corrected chi connectivity index (χ1v) is 9.26. The number of ether oxygens (including phenoxy) is 2. The molecule has 7 heteroatoms. The maximum Gasteiger partial charge on any atom is 0.270 e. The van der Waals surface area contributed by atoms with Gasteiger partial charge >= 0.3 is 0 Å². The first-order valence-electron chi connectivity index (χ1n) is 9.26. The van der Waals surface area contributed by atoms with Gasteiger partial charge in [0.2, 0.25) is 18.4 Å². The minimum atomic E-state index is -0.841. The summed E-state index contributed by atoms with van der Waals surface area (Å²) in [5, 5.41) is 10.4. The molecular formula is C23H19N3O4. The molecule has 0 spiro atoms. The summed E-state index contributed by atoms with van der Waals surface area (Å²) in [5.41, 5.74) is 2.12. The van der Waals surface area contributed by atoms with Crippen LogP contribution in [0, 0.1) is 0 Å². The van der Waals surface area contributed by atoms with Crippen molar-refractivity contribution in [2.45, 2.75) is 6.10 Å². The summed E-state index contributed by atoms with van der Waals surface area (Å²) in [6, 6.07) is 23.6. The number of carbonyl (C=O) groups is 1. The van der Waals surface area contributed by atoms with Crippen molar-refractivity contribution in [3.05, 3.63) is 90.8 Å². The number of nitrogens with one attached hydrogen (secondary N) is 1. The van der Waals surface area contributed by atoms with Gasteiger partial charge in [0.25, 0.3) is 5.91 Å². The summed E-state index contributed by atoms with van der Waals surface area (Å²) in [7, 11) is 1.58. The molecule has 1 N–H and O–H groups in total. The number of rotatable bonds is 7. The third-order valence-electron chi connectivity index (χ3n) is 4.39. The Balaban J connectivity index is 1.56. The number of methoxy groups -OCH3 is 1. The van der Waals surface area contributed by atoms with E-state index in [1.807, 2.05) is 42.5 Å². The molecule has 30 heavy (non-hydrogen) atoms. The van der Waals surface area contributed by atoms with E-state index in [1.54, 1.807) is 43.5 Å². The van der Waals surface area contributed by atoms with E-state index in [9.17, 15) is 4.79 Å². The summed E-state index contributed by atoms with van der Waals surface area (Å²) in [4.78, 5) is 13.1. The van der Waals surface area contributed by atoms with E-state index in [0.29, 0.717) is 23.1 Å². The summed E-state index contributed by atoms with van der Waals surface area (Å²) < 4.78 is 16.5. The average Bonchev–Trinajstić information content (AvgIpc) is 3.33. The number of benzene rings is 3. The zero-order valence-corrected chi connectivity index (χ0v) is 16.2. The number of carbonyl (C=O) groups excluding carboxylic acids is 1. The van der Waals surface area contributed by atoms with E-state index < -0.39 is 6.10 Å². The molecule has 0 saturated carbocycles. The molecule has 1 aromatic heterocycles. The molecular weight excluding hydrogens is 382 g/mol. The Morgan fingerprint density at radius 1 is 0.967 bits per heavy atom. The predicted octanol–water partition coefficient (Wildman–Crippen LogP) is 4.50. The number of amides is 1. The molecule has 0 aliphatic heterocycles. The lowest BCUT2D eigenvalue weighted by atomic mass is 10.1. The van der Waals surface area contributed by atoms with Gasteiger partial charge in [0, 0.05) is 22.9 Å². The molecule has 1 heterocycles. The molecule has 0 bridgehead atoms. The molecule has 1 amide bonds. The quantitative estimate of drug-likeness (QED) is 0.491. The standard InChI is InChI=1S/C23H19N3O4/c1-28-20-9-5-8-18(14-20)25-22(27)21(16-6-3-2-4-7-16)30-19-12-10-17(11-13-19)23-26-24-15-29-23/h2-15,21H,1H3,(H,25,27). The second-order valence-corrected chi connectivity index (χ2v) is 6.40. The minimum absolute atomic E-state index is 0.296. The molecule has 4 aromatic rings. The van der Waals surface area contributed by atoms with E-state index in [1.165, 1.54) is 6.39 Å². The predicted molar refractivity (Wildman–Crippen MR) is 111 cm³/mol. The Bertz CT molecular complexity index is 1100. The number of nitrogens with zero attached hydrogens (tertiary/aromatic N) is 2. The first-order chi connectivity index (χ1) is 14.7. The Labute approximate surface area is 173 Å². The largest absolute Gasteiger partial charge is 0.497 e. The Kier molecular flexibility index (Phi) is 5.70. The maximum atomic E-state index is 13.1. The maximum absolute atomic E-state index is 13.1. The van der Waals surface area contributed by atoms with Crippen molar-refractivity contribution in [2.75, 3.05) is 12.4 Å². The van der Waals surface area contributed by atoms with Gasteiger partial charge in [-0.3, -0.25) is 4.79 Å². The average molecular weight is 401 g/mol. The van der Waals surface area contributed by atoms with Crippen LogP contribution in [0.15, 0.2) is 89.7 Å². The van der Waals surface area contributed by atoms with Crippen molar-refractivity contribution in [3.8, 4) is 23.0 Å². The van der Waals surface area contributed by atoms with Gasteiger partial charge in [0.15, 0.2) is 0 Å². The number of hydrogen-bond donors (Lipinski definition) is 1. The lowest BCUT2D eigenvalue weighted by molar-refractivity contribution is -0.123. The van der Waals surface area contributed by atoms with Crippen molar-refractivity contribution in [2.24, 2.45) is 0 Å². The molecule has 0 saturated heterocycles. The molecule has 0 fully saturated rings. The lowest BCUT2D eigenvalue weighted by Crippen LogP contribution is -2.25. The van der Waals surface area contributed by atoms with E-state index in [4.69, 9.17) is 13.9 Å². The van der Waals surface area contributed by atoms with Crippen LogP contribution in [0.5, 0.6) is 11.5 Å². The van der Waals surface area contributed by atoms with Crippen molar-refractivity contribution < 1.29 is 18.7 Å². The molecule has 0 aliphatic carbocycles. The minimum Gasteiger partial charge on any atom is -0.497 e. The van der Waals surface area contributed by atoms with E-state index >= 15 is 0 Å². The molecule has 4 rings (SSSR count). The first kappa shape index (κ1) is 19.2. The van der Waals surface area contributed by atoms with Crippen LogP contribution >= 0.6 is 0 Å². The zero-order valence-electron chi connectivity index (χ0n) is 16.2. The van der Waals surface area contributed by atoms with Gasteiger partial charge < -0.3 is 19.2 Å². The highest BCUT2D eigenvalue weighted by Gasteiger charge is 2.23. The Morgan fingerprint density at radius 3 is 2.47 bits per heavy atom. The third-order valence-corrected chi connectivity index (χ3v) is 4.39. The summed E-state index contributed by atoms with van der Waals surface area (Å²) >= 11 is 0. The number of hydrogen-bond acceptors (Lipinski definition) is 6. The van der Waals surface area contributed by atoms with Gasteiger partial charge in [-0.15, -0.1) is 10.2 Å². The van der Waals surface area contributed by atoms with Crippen LogP contribution in [0.1, 0.15) is 11.7 Å². The van der Waals surface area contributed by atoms with E-state index in [-0.39, 0.29) is 5.91 Å². The normalized spacial score (nSPS) is 11.5. The second kappa shape index (κ2) is 8.91. The van der Waals surface area contributed by atoms with Crippen LogP contribution in [0.25, 0.3) is 11.5 Å². The monoisotopic (exact) mass is 401 g/mol. The van der Waals surface area contributed by atoms with Crippen molar-refractivity contribution in [3.63, 3.8) is 0 Å². The molecule has 0 aliphatic rings. The SMILES string of the molecule is COc1cccc(NC(=O)C(Oc2ccc(-c3nnco3)cc2)c2ccccc2)c1. The van der Waals surface area contributed by atoms with Gasteiger partial charge in [-0.25, -0.2) is 0 Å². The fourth-order valence-corrected chi connectivity index (χ4v) is 2.92. The van der Waals surface area contributed by atoms with Crippen molar-refractivity contribution in [1.82, 2.24) is 10.2 Å². The van der Waals surface area contributed by atoms with Gasteiger partial charge in [0.05, 0.1) is 7.11 Å². The highest BCUT2D eigenvalue weighted by Crippen LogP contribution is 2.27. The van der Waals surface area contributed by atoms with Crippen LogP contribution in [-0.2, 0) is 4.79 Å². The Morgan fingerprint density at radius 2 is 1.77 bits per heavy atom. The van der Waals surface area contributed by atoms with Crippen molar-refractivity contribution in [1.29, 1.82) is 0 Å². The van der Waals surface area contributed by atoms with Gasteiger partial charge in [-0.05, 0) is 36.4 Å². The summed E-state index contributed by atoms with van der Waals surface area (Å²) in [6.45, 7) is 0.